The molecule has 0 saturated heterocycles. The van der Waals surface area contributed by atoms with Gasteiger partial charge in [-0.2, -0.15) is 13.2 Å². The number of nitrogens with one attached hydrogen (secondary N) is 1. The first-order chi connectivity index (χ1) is 12.8. The number of carbonyl (C=O) groups excluding carboxylic acids is 1. The standard InChI is InChI=1S/C20H21F3N2O2/c1-25-11-12-27-13-15-14(3-2-4-16(15)25)5-6-18(7-8-18)24-17(26)19(9-10-19)20(21,22)23/h2-4H,7-13H2,1H3,(H,24,26). The topological polar surface area (TPSA) is 41.6 Å². The van der Waals surface area contributed by atoms with E-state index in [9.17, 15) is 18.0 Å². The van der Waals surface area contributed by atoms with Crippen molar-refractivity contribution < 1.29 is 22.7 Å². The second-order valence-electron chi connectivity index (χ2n) is 7.64. The number of fused-ring (bicyclic) bond motifs is 1. The lowest BCUT2D eigenvalue weighted by molar-refractivity contribution is -0.192. The number of hydrogen-bond acceptors (Lipinski definition) is 3. The molecule has 4 nitrogen and oxygen atoms in total. The highest BCUT2D eigenvalue weighted by molar-refractivity contribution is 5.87. The minimum atomic E-state index is -4.50. The molecule has 1 amide bonds. The van der Waals surface area contributed by atoms with E-state index in [1.807, 2.05) is 25.2 Å². The van der Waals surface area contributed by atoms with Gasteiger partial charge in [-0.3, -0.25) is 4.79 Å². The van der Waals surface area contributed by atoms with Crippen LogP contribution < -0.4 is 10.2 Å². The number of amides is 1. The maximum absolute atomic E-state index is 13.1. The summed E-state index contributed by atoms with van der Waals surface area (Å²) in [5.41, 5.74) is -0.231. The predicted molar refractivity (Wildman–Crippen MR) is 94.1 cm³/mol. The average molecular weight is 378 g/mol. The number of alkyl halides is 3. The number of rotatable bonds is 2. The highest BCUT2D eigenvalue weighted by atomic mass is 19.4. The Kier molecular flexibility index (Phi) is 4.15. The summed E-state index contributed by atoms with van der Waals surface area (Å²) >= 11 is 0. The van der Waals surface area contributed by atoms with Gasteiger partial charge in [0.25, 0.3) is 0 Å². The third-order valence-corrected chi connectivity index (χ3v) is 5.65. The summed E-state index contributed by atoms with van der Waals surface area (Å²) in [6.07, 6.45) is -3.63. The second kappa shape index (κ2) is 6.16. The van der Waals surface area contributed by atoms with Crippen molar-refractivity contribution in [3.63, 3.8) is 0 Å². The second-order valence-corrected chi connectivity index (χ2v) is 7.64. The summed E-state index contributed by atoms with van der Waals surface area (Å²) in [5.74, 6) is 5.18. The smallest absolute Gasteiger partial charge is 0.375 e. The molecule has 7 heteroatoms. The quantitative estimate of drug-likeness (QED) is 0.805. The van der Waals surface area contributed by atoms with E-state index in [-0.39, 0.29) is 12.8 Å². The van der Waals surface area contributed by atoms with Crippen LogP contribution in [0.3, 0.4) is 0 Å². The van der Waals surface area contributed by atoms with E-state index in [0.717, 1.165) is 23.4 Å². The third-order valence-electron chi connectivity index (χ3n) is 5.65. The number of nitrogens with zero attached hydrogens (tertiary/aromatic N) is 1. The van der Waals surface area contributed by atoms with Crippen LogP contribution in [0.25, 0.3) is 0 Å². The van der Waals surface area contributed by atoms with Crippen LogP contribution in [0.1, 0.15) is 36.8 Å². The van der Waals surface area contributed by atoms with Crippen LogP contribution in [0.15, 0.2) is 18.2 Å². The molecule has 1 N–H and O–H groups in total. The molecule has 2 aliphatic carbocycles. The van der Waals surface area contributed by atoms with Crippen LogP contribution in [0.5, 0.6) is 0 Å². The molecule has 0 spiro atoms. The van der Waals surface area contributed by atoms with E-state index in [0.29, 0.717) is 26.1 Å². The minimum absolute atomic E-state index is 0.137. The van der Waals surface area contributed by atoms with E-state index in [4.69, 9.17) is 4.74 Å². The molecule has 1 aromatic rings. The van der Waals surface area contributed by atoms with Gasteiger partial charge in [-0.05, 0) is 37.8 Å². The van der Waals surface area contributed by atoms with E-state index < -0.39 is 23.0 Å². The number of halogens is 3. The summed E-state index contributed by atoms with van der Waals surface area (Å²) in [6.45, 7) is 1.85. The van der Waals surface area contributed by atoms with Gasteiger partial charge < -0.3 is 15.0 Å². The van der Waals surface area contributed by atoms with Crippen molar-refractivity contribution in [1.82, 2.24) is 5.32 Å². The van der Waals surface area contributed by atoms with E-state index in [1.54, 1.807) is 0 Å². The van der Waals surface area contributed by atoms with Gasteiger partial charge in [-0.15, -0.1) is 0 Å². The van der Waals surface area contributed by atoms with Crippen molar-refractivity contribution in [2.24, 2.45) is 5.41 Å². The Labute approximate surface area is 156 Å². The number of carbonyl (C=O) groups is 1. The molecule has 144 valence electrons. The summed E-state index contributed by atoms with van der Waals surface area (Å²) in [6, 6.07) is 5.79. The van der Waals surface area contributed by atoms with Crippen LogP contribution in [-0.4, -0.2) is 37.8 Å². The molecule has 0 radical (unpaired) electrons. The highest BCUT2D eigenvalue weighted by Crippen LogP contribution is 2.58. The highest BCUT2D eigenvalue weighted by Gasteiger charge is 2.69. The maximum atomic E-state index is 13.1. The summed E-state index contributed by atoms with van der Waals surface area (Å²) in [5, 5.41) is 2.57. The largest absolute Gasteiger partial charge is 0.403 e. The van der Waals surface area contributed by atoms with Crippen molar-refractivity contribution in [2.45, 2.75) is 44.0 Å². The van der Waals surface area contributed by atoms with Crippen molar-refractivity contribution in [2.75, 3.05) is 25.1 Å². The van der Waals surface area contributed by atoms with Gasteiger partial charge in [0, 0.05) is 30.4 Å². The zero-order chi connectivity index (χ0) is 19.3. The summed E-state index contributed by atoms with van der Waals surface area (Å²) in [7, 11) is 1.99. The lowest BCUT2D eigenvalue weighted by atomic mass is 10.0. The molecule has 2 fully saturated rings. The fourth-order valence-electron chi connectivity index (χ4n) is 3.39. The van der Waals surface area contributed by atoms with Gasteiger partial charge in [-0.1, -0.05) is 17.9 Å². The van der Waals surface area contributed by atoms with Crippen molar-refractivity contribution in [3.05, 3.63) is 29.3 Å². The lowest BCUT2D eigenvalue weighted by Crippen LogP contribution is -2.46. The third kappa shape index (κ3) is 3.27. The molecule has 1 aliphatic heterocycles. The SMILES string of the molecule is CN1CCOCc2c(C#CC3(NC(=O)C4(C(F)(F)F)CC4)CC3)cccc21. The Bertz CT molecular complexity index is 830. The van der Waals surface area contributed by atoms with Crippen LogP contribution in [0, 0.1) is 17.3 Å². The monoisotopic (exact) mass is 378 g/mol. The van der Waals surface area contributed by atoms with Crippen molar-refractivity contribution in [1.29, 1.82) is 0 Å². The molecule has 1 heterocycles. The number of ether oxygens (including phenoxy) is 1. The van der Waals surface area contributed by atoms with Crippen LogP contribution in [0.2, 0.25) is 0 Å². The van der Waals surface area contributed by atoms with Gasteiger partial charge in [0.2, 0.25) is 5.91 Å². The zero-order valence-electron chi connectivity index (χ0n) is 15.1. The van der Waals surface area contributed by atoms with Gasteiger partial charge in [0.15, 0.2) is 0 Å². The molecule has 0 atom stereocenters. The van der Waals surface area contributed by atoms with E-state index >= 15 is 0 Å². The van der Waals surface area contributed by atoms with Crippen LogP contribution >= 0.6 is 0 Å². The maximum Gasteiger partial charge on any atom is 0.403 e. The molecular weight excluding hydrogens is 357 g/mol. The number of benzene rings is 1. The Balaban J connectivity index is 1.55. The van der Waals surface area contributed by atoms with Gasteiger partial charge in [-0.25, -0.2) is 0 Å². The number of anilines is 1. The van der Waals surface area contributed by atoms with Crippen LogP contribution in [-0.2, 0) is 16.1 Å². The van der Waals surface area contributed by atoms with Gasteiger partial charge >= 0.3 is 6.18 Å². The predicted octanol–water partition coefficient (Wildman–Crippen LogP) is 3.00. The first kappa shape index (κ1) is 18.2. The molecule has 4 rings (SSSR count). The summed E-state index contributed by atoms with van der Waals surface area (Å²) < 4.78 is 45.1. The Morgan fingerprint density at radius 3 is 2.63 bits per heavy atom. The van der Waals surface area contributed by atoms with E-state index in [1.165, 1.54) is 0 Å². The number of likely N-dealkylation sites (N-methyl/N-ethyl adjacent to an activating group) is 1. The molecule has 1 aromatic carbocycles. The minimum Gasteiger partial charge on any atom is -0.375 e. The number of hydrogen-bond donors (Lipinski definition) is 1. The zero-order valence-corrected chi connectivity index (χ0v) is 15.1. The molecule has 0 aromatic heterocycles. The Hall–Kier alpha value is -2.20. The van der Waals surface area contributed by atoms with Gasteiger partial charge in [0.1, 0.15) is 11.0 Å². The fourth-order valence-corrected chi connectivity index (χ4v) is 3.39. The average Bonchev–Trinajstić information content (AvgIpc) is 3.49. The molecule has 27 heavy (non-hydrogen) atoms. The first-order valence-corrected chi connectivity index (χ1v) is 9.10. The normalized spacial score (nSPS) is 22.0. The Morgan fingerprint density at radius 1 is 1.26 bits per heavy atom. The van der Waals surface area contributed by atoms with E-state index in [2.05, 4.69) is 22.1 Å². The Morgan fingerprint density at radius 2 is 2.00 bits per heavy atom. The van der Waals surface area contributed by atoms with Crippen molar-refractivity contribution in [3.8, 4) is 11.8 Å². The molecule has 2 saturated carbocycles. The summed E-state index contributed by atoms with van der Waals surface area (Å²) in [4.78, 5) is 14.3. The van der Waals surface area contributed by atoms with Crippen LogP contribution in [0.4, 0.5) is 18.9 Å². The lowest BCUT2D eigenvalue weighted by Gasteiger charge is -2.21. The first-order valence-electron chi connectivity index (χ1n) is 9.10. The fraction of sp³-hybridized carbons (Fsp3) is 0.550. The molecule has 3 aliphatic rings. The molecule has 0 unspecified atom stereocenters. The molecule has 0 bridgehead atoms. The molecular formula is C20H21F3N2O2. The van der Waals surface area contributed by atoms with Crippen molar-refractivity contribution >= 4 is 11.6 Å². The van der Waals surface area contributed by atoms with Gasteiger partial charge in [0.05, 0.1) is 13.2 Å².